The second-order valence-electron chi connectivity index (χ2n) is 3.37. The highest BCUT2D eigenvalue weighted by atomic mass is 35.5. The summed E-state index contributed by atoms with van der Waals surface area (Å²) in [5, 5.41) is 9.37. The Morgan fingerprint density at radius 1 is 1.28 bits per heavy atom. The quantitative estimate of drug-likeness (QED) is 0.852. The summed E-state index contributed by atoms with van der Waals surface area (Å²) in [6, 6.07) is 8.25. The number of aromatic nitrogens is 1. The van der Waals surface area contributed by atoms with Crippen LogP contribution >= 0.6 is 23.2 Å². The summed E-state index contributed by atoms with van der Waals surface area (Å²) in [6.07, 6.45) is 1.44. The number of ether oxygens (including phenoxy) is 1. The molecule has 0 radical (unpaired) electrons. The van der Waals surface area contributed by atoms with Crippen LogP contribution in [0.25, 0.3) is 0 Å². The van der Waals surface area contributed by atoms with Crippen molar-refractivity contribution in [2.24, 2.45) is 0 Å². The standard InChI is InChI=1S/C12H7Cl2N3O/c13-9-5-8(1-2-10(9)16)18-12-11(14)7(6-15)3-4-17-12/h1-5H,16H2. The fraction of sp³-hybridized carbons (Fsp3) is 0. The van der Waals surface area contributed by atoms with Gasteiger partial charge in [0, 0.05) is 12.3 Å². The van der Waals surface area contributed by atoms with E-state index in [0.717, 1.165) is 0 Å². The van der Waals surface area contributed by atoms with Crippen molar-refractivity contribution in [3.63, 3.8) is 0 Å². The first kappa shape index (κ1) is 12.5. The molecule has 1 aromatic heterocycles. The average Bonchev–Trinajstić information content (AvgIpc) is 2.36. The van der Waals surface area contributed by atoms with Gasteiger partial charge < -0.3 is 10.5 Å². The number of hydrogen-bond acceptors (Lipinski definition) is 4. The Morgan fingerprint density at radius 2 is 2.06 bits per heavy atom. The first-order valence-corrected chi connectivity index (χ1v) is 5.65. The van der Waals surface area contributed by atoms with Gasteiger partial charge in [-0.1, -0.05) is 23.2 Å². The molecule has 0 unspecified atom stereocenters. The number of anilines is 1. The van der Waals surface area contributed by atoms with Gasteiger partial charge in [-0.2, -0.15) is 5.26 Å². The van der Waals surface area contributed by atoms with Crippen LogP contribution in [0.4, 0.5) is 5.69 Å². The van der Waals surface area contributed by atoms with E-state index in [1.54, 1.807) is 18.2 Å². The fourth-order valence-electron chi connectivity index (χ4n) is 1.27. The smallest absolute Gasteiger partial charge is 0.239 e. The van der Waals surface area contributed by atoms with Gasteiger partial charge in [-0.25, -0.2) is 4.98 Å². The number of pyridine rings is 1. The average molecular weight is 280 g/mol. The Balaban J connectivity index is 2.35. The first-order chi connectivity index (χ1) is 8.61. The molecule has 6 heteroatoms. The molecule has 0 aliphatic heterocycles. The zero-order valence-corrected chi connectivity index (χ0v) is 10.5. The highest BCUT2D eigenvalue weighted by molar-refractivity contribution is 6.33. The van der Waals surface area contributed by atoms with Crippen molar-refractivity contribution >= 4 is 28.9 Å². The lowest BCUT2D eigenvalue weighted by atomic mass is 10.3. The molecule has 0 saturated heterocycles. The van der Waals surface area contributed by atoms with Crippen LogP contribution in [0.15, 0.2) is 30.5 Å². The zero-order valence-electron chi connectivity index (χ0n) is 9.02. The SMILES string of the molecule is N#Cc1ccnc(Oc2ccc(N)c(Cl)c2)c1Cl. The summed E-state index contributed by atoms with van der Waals surface area (Å²) >= 11 is 11.8. The van der Waals surface area contributed by atoms with Crippen molar-refractivity contribution in [3.8, 4) is 17.7 Å². The lowest BCUT2D eigenvalue weighted by Crippen LogP contribution is -1.92. The third kappa shape index (κ3) is 2.48. The third-order valence-corrected chi connectivity index (χ3v) is 2.86. The fourth-order valence-corrected chi connectivity index (χ4v) is 1.63. The number of nitrogen functional groups attached to an aromatic ring is 1. The topological polar surface area (TPSA) is 71.9 Å². The molecule has 2 aromatic rings. The van der Waals surface area contributed by atoms with Gasteiger partial charge in [-0.3, -0.25) is 0 Å². The molecular weight excluding hydrogens is 273 g/mol. The van der Waals surface area contributed by atoms with E-state index in [-0.39, 0.29) is 10.9 Å². The normalized spacial score (nSPS) is 9.83. The minimum atomic E-state index is 0.150. The molecule has 2 rings (SSSR count). The van der Waals surface area contributed by atoms with Crippen LogP contribution in [0.5, 0.6) is 11.6 Å². The van der Waals surface area contributed by atoms with Gasteiger partial charge in [-0.05, 0) is 18.2 Å². The number of nitrogens with two attached hydrogens (primary N) is 1. The van der Waals surface area contributed by atoms with Crippen LogP contribution in [0.3, 0.4) is 0 Å². The Bertz CT molecular complexity index is 638. The van der Waals surface area contributed by atoms with Crippen molar-refractivity contribution in [3.05, 3.63) is 46.1 Å². The summed E-state index contributed by atoms with van der Waals surface area (Å²) in [5.74, 6) is 0.593. The van der Waals surface area contributed by atoms with E-state index in [9.17, 15) is 0 Å². The van der Waals surface area contributed by atoms with Gasteiger partial charge in [0.1, 0.15) is 16.8 Å². The van der Waals surface area contributed by atoms with E-state index in [1.165, 1.54) is 12.3 Å². The molecule has 0 saturated carbocycles. The second kappa shape index (κ2) is 5.13. The summed E-state index contributed by atoms with van der Waals surface area (Å²) in [5.41, 5.74) is 6.33. The second-order valence-corrected chi connectivity index (χ2v) is 4.16. The van der Waals surface area contributed by atoms with Gasteiger partial charge in [0.2, 0.25) is 5.88 Å². The lowest BCUT2D eigenvalue weighted by molar-refractivity contribution is 0.463. The molecule has 4 nitrogen and oxygen atoms in total. The largest absolute Gasteiger partial charge is 0.437 e. The highest BCUT2D eigenvalue weighted by Crippen LogP contribution is 2.31. The van der Waals surface area contributed by atoms with Crippen LogP contribution in [0.1, 0.15) is 5.56 Å². The van der Waals surface area contributed by atoms with Crippen molar-refractivity contribution in [2.75, 3.05) is 5.73 Å². The van der Waals surface area contributed by atoms with E-state index in [1.807, 2.05) is 6.07 Å². The number of rotatable bonds is 2. The molecular formula is C12H7Cl2N3O. The van der Waals surface area contributed by atoms with Gasteiger partial charge >= 0.3 is 0 Å². The molecule has 18 heavy (non-hydrogen) atoms. The van der Waals surface area contributed by atoms with E-state index in [2.05, 4.69) is 4.98 Å². The molecule has 0 aliphatic rings. The maximum Gasteiger partial charge on any atom is 0.239 e. The molecule has 0 atom stereocenters. The van der Waals surface area contributed by atoms with Gasteiger partial charge in [-0.15, -0.1) is 0 Å². The number of halogens is 2. The van der Waals surface area contributed by atoms with Crippen LogP contribution in [-0.4, -0.2) is 4.98 Å². The molecule has 1 heterocycles. The Morgan fingerprint density at radius 3 is 2.72 bits per heavy atom. The van der Waals surface area contributed by atoms with Crippen LogP contribution in [0.2, 0.25) is 10.0 Å². The lowest BCUT2D eigenvalue weighted by Gasteiger charge is -2.08. The first-order valence-electron chi connectivity index (χ1n) is 4.89. The van der Waals surface area contributed by atoms with Crippen molar-refractivity contribution < 1.29 is 4.74 Å². The zero-order chi connectivity index (χ0) is 13.1. The van der Waals surface area contributed by atoms with Gasteiger partial charge in [0.05, 0.1) is 16.3 Å². The minimum absolute atomic E-state index is 0.150. The molecule has 0 fully saturated rings. The predicted octanol–water partition coefficient (Wildman–Crippen LogP) is 3.63. The monoisotopic (exact) mass is 279 g/mol. The van der Waals surface area contributed by atoms with E-state index in [4.69, 9.17) is 38.9 Å². The van der Waals surface area contributed by atoms with E-state index >= 15 is 0 Å². The Hall–Kier alpha value is -1.96. The highest BCUT2D eigenvalue weighted by Gasteiger charge is 2.10. The molecule has 0 aliphatic carbocycles. The predicted molar refractivity (Wildman–Crippen MR) is 69.9 cm³/mol. The molecule has 0 bridgehead atoms. The van der Waals surface area contributed by atoms with Crippen molar-refractivity contribution in [1.82, 2.24) is 4.98 Å². The molecule has 0 amide bonds. The maximum atomic E-state index is 8.83. The Labute approximate surface area is 114 Å². The molecule has 90 valence electrons. The molecule has 0 spiro atoms. The van der Waals surface area contributed by atoms with Gasteiger partial charge in [0.25, 0.3) is 0 Å². The summed E-state index contributed by atoms with van der Waals surface area (Å²) in [7, 11) is 0. The van der Waals surface area contributed by atoms with Crippen molar-refractivity contribution in [2.45, 2.75) is 0 Å². The molecule has 2 N–H and O–H groups in total. The number of nitriles is 1. The molecule has 1 aromatic carbocycles. The maximum absolute atomic E-state index is 8.83. The van der Waals surface area contributed by atoms with Crippen LogP contribution in [0, 0.1) is 11.3 Å². The Kier molecular flexibility index (Phi) is 3.56. The minimum Gasteiger partial charge on any atom is -0.437 e. The summed E-state index contributed by atoms with van der Waals surface area (Å²) < 4.78 is 5.45. The van der Waals surface area contributed by atoms with E-state index < -0.39 is 0 Å². The number of nitrogens with zero attached hydrogens (tertiary/aromatic N) is 2. The third-order valence-electron chi connectivity index (χ3n) is 2.16. The summed E-state index contributed by atoms with van der Waals surface area (Å²) in [4.78, 5) is 3.95. The summed E-state index contributed by atoms with van der Waals surface area (Å²) in [6.45, 7) is 0. The van der Waals surface area contributed by atoms with E-state index in [0.29, 0.717) is 22.0 Å². The van der Waals surface area contributed by atoms with Gasteiger partial charge in [0.15, 0.2) is 0 Å². The van der Waals surface area contributed by atoms with Crippen molar-refractivity contribution in [1.29, 1.82) is 5.26 Å². The number of hydrogen-bond donors (Lipinski definition) is 1. The van der Waals surface area contributed by atoms with Crippen LogP contribution in [-0.2, 0) is 0 Å². The van der Waals surface area contributed by atoms with Crippen LogP contribution < -0.4 is 10.5 Å². The number of benzene rings is 1.